The molecule has 0 aliphatic carbocycles. The highest BCUT2D eigenvalue weighted by Crippen LogP contribution is 2.32. The van der Waals surface area contributed by atoms with Crippen molar-refractivity contribution in [2.24, 2.45) is 12.2 Å². The lowest BCUT2D eigenvalue weighted by Crippen LogP contribution is -2.26. The molecule has 1 heterocycles. The molecule has 0 atom stereocenters. The molecule has 2 rings (SSSR count). The van der Waals surface area contributed by atoms with Crippen molar-refractivity contribution in [3.63, 3.8) is 0 Å². The first kappa shape index (κ1) is 11.5. The van der Waals surface area contributed by atoms with E-state index in [1.165, 1.54) is 0 Å². The second kappa shape index (κ2) is 4.87. The first-order chi connectivity index (χ1) is 8.20. The van der Waals surface area contributed by atoms with Gasteiger partial charge in [0.15, 0.2) is 12.4 Å². The fourth-order valence-corrected chi connectivity index (χ4v) is 1.79. The Bertz CT molecular complexity index is 603. The van der Waals surface area contributed by atoms with Crippen molar-refractivity contribution >= 4 is 17.3 Å². The maximum Gasteiger partial charge on any atom is 0.176 e. The fourth-order valence-electron chi connectivity index (χ4n) is 1.62. The Morgan fingerprint density at radius 2 is 2.18 bits per heavy atom. The molecule has 0 saturated carbocycles. The molecule has 1 aromatic carbocycles. The molecular formula is C12H10ClN4+. The Balaban J connectivity index is 2.64. The first-order valence-corrected chi connectivity index (χ1v) is 5.39. The molecule has 0 amide bonds. The summed E-state index contributed by atoms with van der Waals surface area (Å²) in [4.78, 5) is 2.82. The summed E-state index contributed by atoms with van der Waals surface area (Å²) in [5.41, 5.74) is 10.9. The third-order valence-corrected chi connectivity index (χ3v) is 2.60. The molecule has 5 heteroatoms. The summed E-state index contributed by atoms with van der Waals surface area (Å²) in [6, 6.07) is 9.08. The monoisotopic (exact) mass is 245 g/mol. The molecule has 0 bridgehead atoms. The molecule has 17 heavy (non-hydrogen) atoms. The zero-order valence-corrected chi connectivity index (χ0v) is 9.96. The van der Waals surface area contributed by atoms with E-state index in [1.54, 1.807) is 18.2 Å². The number of azide groups is 1. The van der Waals surface area contributed by atoms with Gasteiger partial charge in [0.1, 0.15) is 7.05 Å². The SMILES string of the molecule is C[n+]1cccc(-c2cc(Cl)ccc2N=[N+]=[N-])c1. The first-order valence-electron chi connectivity index (χ1n) is 5.01. The van der Waals surface area contributed by atoms with E-state index in [0.717, 1.165) is 11.1 Å². The quantitative estimate of drug-likeness (QED) is 0.335. The maximum absolute atomic E-state index is 8.54. The molecular weight excluding hydrogens is 236 g/mol. The van der Waals surface area contributed by atoms with Gasteiger partial charge in [-0.25, -0.2) is 4.57 Å². The number of pyridine rings is 1. The fraction of sp³-hybridized carbons (Fsp3) is 0.0833. The smallest absolute Gasteiger partial charge is 0.176 e. The lowest BCUT2D eigenvalue weighted by atomic mass is 10.1. The maximum atomic E-state index is 8.54. The van der Waals surface area contributed by atoms with E-state index in [0.29, 0.717) is 10.7 Å². The van der Waals surface area contributed by atoms with Gasteiger partial charge in [-0.1, -0.05) is 22.8 Å². The predicted octanol–water partition coefficient (Wildman–Crippen LogP) is 3.77. The Hall–Kier alpha value is -2.03. The van der Waals surface area contributed by atoms with Gasteiger partial charge in [-0.05, 0) is 29.3 Å². The third kappa shape index (κ3) is 2.56. The molecule has 0 spiro atoms. The zero-order valence-electron chi connectivity index (χ0n) is 9.21. The van der Waals surface area contributed by atoms with Gasteiger partial charge in [-0.3, -0.25) is 0 Å². The lowest BCUT2D eigenvalue weighted by molar-refractivity contribution is -0.671. The van der Waals surface area contributed by atoms with E-state index >= 15 is 0 Å². The highest BCUT2D eigenvalue weighted by Gasteiger charge is 2.07. The Morgan fingerprint density at radius 1 is 1.35 bits per heavy atom. The number of rotatable bonds is 2. The van der Waals surface area contributed by atoms with Gasteiger partial charge in [-0.15, -0.1) is 0 Å². The Kier molecular flexibility index (Phi) is 3.28. The van der Waals surface area contributed by atoms with E-state index in [-0.39, 0.29) is 0 Å². The van der Waals surface area contributed by atoms with Crippen LogP contribution >= 0.6 is 11.6 Å². The topological polar surface area (TPSA) is 52.6 Å². The lowest BCUT2D eigenvalue weighted by Gasteiger charge is -2.04. The minimum Gasteiger partial charge on any atom is -0.207 e. The standard InChI is InChI=1S/C12H10ClN4/c1-17-6-2-3-9(8-17)11-7-10(13)4-5-12(11)15-16-14/h2-8H,1H3/q+1. The molecule has 0 N–H and O–H groups in total. The summed E-state index contributed by atoms with van der Waals surface area (Å²) in [7, 11) is 1.93. The van der Waals surface area contributed by atoms with Crippen LogP contribution in [0, 0.1) is 0 Å². The van der Waals surface area contributed by atoms with Crippen LogP contribution in [-0.4, -0.2) is 0 Å². The summed E-state index contributed by atoms with van der Waals surface area (Å²) >= 11 is 5.97. The molecule has 0 radical (unpaired) electrons. The largest absolute Gasteiger partial charge is 0.207 e. The molecule has 84 valence electrons. The molecule has 0 fully saturated rings. The summed E-state index contributed by atoms with van der Waals surface area (Å²) in [6.07, 6.45) is 3.88. The third-order valence-electron chi connectivity index (χ3n) is 2.36. The van der Waals surface area contributed by atoms with E-state index in [1.807, 2.05) is 36.1 Å². The second-order valence-corrected chi connectivity index (χ2v) is 4.05. The van der Waals surface area contributed by atoms with Crippen molar-refractivity contribution in [1.82, 2.24) is 0 Å². The van der Waals surface area contributed by atoms with Gasteiger partial charge in [0.25, 0.3) is 0 Å². The van der Waals surface area contributed by atoms with Gasteiger partial charge in [-0.2, -0.15) is 0 Å². The number of aryl methyl sites for hydroxylation is 1. The number of halogens is 1. The highest BCUT2D eigenvalue weighted by molar-refractivity contribution is 6.31. The van der Waals surface area contributed by atoms with E-state index < -0.39 is 0 Å². The van der Waals surface area contributed by atoms with Gasteiger partial charge in [0, 0.05) is 27.3 Å². The molecule has 4 nitrogen and oxygen atoms in total. The van der Waals surface area contributed by atoms with Crippen molar-refractivity contribution in [2.75, 3.05) is 0 Å². The van der Waals surface area contributed by atoms with Crippen molar-refractivity contribution in [3.05, 3.63) is 58.2 Å². The van der Waals surface area contributed by atoms with Crippen LogP contribution in [0.1, 0.15) is 0 Å². The number of nitrogens with zero attached hydrogens (tertiary/aromatic N) is 4. The van der Waals surface area contributed by atoms with Crippen LogP contribution in [0.5, 0.6) is 0 Å². The molecule has 0 aliphatic heterocycles. The summed E-state index contributed by atoms with van der Waals surface area (Å²) < 4.78 is 1.93. The average Bonchev–Trinajstić information content (AvgIpc) is 2.32. The predicted molar refractivity (Wildman–Crippen MR) is 66.9 cm³/mol. The van der Waals surface area contributed by atoms with E-state index in [9.17, 15) is 0 Å². The number of aromatic nitrogens is 1. The number of benzene rings is 1. The molecule has 0 saturated heterocycles. The van der Waals surface area contributed by atoms with Gasteiger partial charge < -0.3 is 0 Å². The van der Waals surface area contributed by atoms with Crippen LogP contribution in [0.25, 0.3) is 21.6 Å². The second-order valence-electron chi connectivity index (χ2n) is 3.61. The molecule has 0 unspecified atom stereocenters. The normalized spacial score (nSPS) is 9.76. The van der Waals surface area contributed by atoms with Crippen LogP contribution < -0.4 is 4.57 Å². The minimum atomic E-state index is 0.572. The van der Waals surface area contributed by atoms with Gasteiger partial charge in [0.2, 0.25) is 0 Å². The molecule has 0 aliphatic rings. The zero-order chi connectivity index (χ0) is 12.3. The van der Waals surface area contributed by atoms with Crippen LogP contribution in [0.3, 0.4) is 0 Å². The van der Waals surface area contributed by atoms with E-state index in [4.69, 9.17) is 17.1 Å². The highest BCUT2D eigenvalue weighted by atomic mass is 35.5. The molecule has 2 aromatic rings. The molecule has 1 aromatic heterocycles. The van der Waals surface area contributed by atoms with Gasteiger partial charge >= 0.3 is 0 Å². The van der Waals surface area contributed by atoms with Crippen LogP contribution in [0.15, 0.2) is 47.8 Å². The minimum absolute atomic E-state index is 0.572. The van der Waals surface area contributed by atoms with Crippen molar-refractivity contribution in [3.8, 4) is 11.1 Å². The van der Waals surface area contributed by atoms with Crippen LogP contribution in [0.4, 0.5) is 5.69 Å². The number of hydrogen-bond acceptors (Lipinski definition) is 1. The number of hydrogen-bond donors (Lipinski definition) is 0. The van der Waals surface area contributed by atoms with Crippen molar-refractivity contribution < 1.29 is 4.57 Å². The summed E-state index contributed by atoms with van der Waals surface area (Å²) in [5.74, 6) is 0. The Labute approximate surface area is 104 Å². The van der Waals surface area contributed by atoms with Crippen molar-refractivity contribution in [2.45, 2.75) is 0 Å². The summed E-state index contributed by atoms with van der Waals surface area (Å²) in [5, 5.41) is 4.28. The van der Waals surface area contributed by atoms with Crippen molar-refractivity contribution in [1.29, 1.82) is 0 Å². The van der Waals surface area contributed by atoms with E-state index in [2.05, 4.69) is 10.0 Å². The van der Waals surface area contributed by atoms with Gasteiger partial charge in [0.05, 0.1) is 0 Å². The Morgan fingerprint density at radius 3 is 2.88 bits per heavy atom. The van der Waals surface area contributed by atoms with Crippen LogP contribution in [-0.2, 0) is 7.05 Å². The average molecular weight is 246 g/mol. The summed E-state index contributed by atoms with van der Waals surface area (Å²) in [6.45, 7) is 0. The van der Waals surface area contributed by atoms with Crippen LogP contribution in [0.2, 0.25) is 5.02 Å².